The Kier molecular flexibility index (Phi) is 5.41. The fourth-order valence-electron chi connectivity index (χ4n) is 2.44. The van der Waals surface area contributed by atoms with Crippen molar-refractivity contribution < 1.29 is 0 Å². The predicted molar refractivity (Wildman–Crippen MR) is 107 cm³/mol. The van der Waals surface area contributed by atoms with Gasteiger partial charge in [0, 0.05) is 0 Å². The summed E-state index contributed by atoms with van der Waals surface area (Å²) < 4.78 is 0. The zero-order valence-electron chi connectivity index (χ0n) is 14.1. The van der Waals surface area contributed by atoms with Crippen molar-refractivity contribution in [3.8, 4) is 12.1 Å². The molecule has 0 bridgehead atoms. The van der Waals surface area contributed by atoms with Crippen molar-refractivity contribution in [2.45, 2.75) is 0 Å². The lowest BCUT2D eigenvalue weighted by Crippen LogP contribution is -1.77. The molecular formula is C24H16N2. The highest BCUT2D eigenvalue weighted by Gasteiger charge is 1.93. The fraction of sp³-hybridized carbons (Fsp3) is 0. The molecule has 0 aromatic heterocycles. The zero-order chi connectivity index (χ0) is 18.2. The molecule has 3 aromatic carbocycles. The molecule has 0 aliphatic rings. The first-order chi connectivity index (χ1) is 12.8. The van der Waals surface area contributed by atoms with Crippen LogP contribution in [-0.2, 0) is 0 Å². The first kappa shape index (κ1) is 17.0. The van der Waals surface area contributed by atoms with Gasteiger partial charge >= 0.3 is 0 Å². The molecular weight excluding hydrogens is 316 g/mol. The Balaban J connectivity index is 1.65. The molecule has 122 valence electrons. The summed E-state index contributed by atoms with van der Waals surface area (Å²) in [5.74, 6) is 0. The van der Waals surface area contributed by atoms with Crippen LogP contribution in [0.5, 0.6) is 0 Å². The fourth-order valence-corrected chi connectivity index (χ4v) is 2.44. The van der Waals surface area contributed by atoms with Crippen LogP contribution in [0.2, 0.25) is 0 Å². The van der Waals surface area contributed by atoms with E-state index < -0.39 is 0 Å². The lowest BCUT2D eigenvalue weighted by molar-refractivity contribution is 1.48. The Bertz CT molecular complexity index is 922. The van der Waals surface area contributed by atoms with Gasteiger partial charge in [0.2, 0.25) is 0 Å². The highest BCUT2D eigenvalue weighted by atomic mass is 14.2. The van der Waals surface area contributed by atoms with Gasteiger partial charge in [-0.1, -0.05) is 72.8 Å². The Morgan fingerprint density at radius 2 is 0.654 bits per heavy atom. The molecule has 3 rings (SSSR count). The summed E-state index contributed by atoms with van der Waals surface area (Å²) in [5.41, 5.74) is 5.69. The summed E-state index contributed by atoms with van der Waals surface area (Å²) in [6.07, 6.45) is 8.16. The Hall–Kier alpha value is -3.88. The van der Waals surface area contributed by atoms with E-state index in [2.05, 4.69) is 48.6 Å². The minimum Gasteiger partial charge on any atom is -0.192 e. The lowest BCUT2D eigenvalue weighted by Gasteiger charge is -1.98. The van der Waals surface area contributed by atoms with E-state index in [0.29, 0.717) is 11.1 Å². The van der Waals surface area contributed by atoms with Gasteiger partial charge in [0.15, 0.2) is 0 Å². The van der Waals surface area contributed by atoms with E-state index in [0.717, 1.165) is 22.3 Å². The Morgan fingerprint density at radius 3 is 0.885 bits per heavy atom. The summed E-state index contributed by atoms with van der Waals surface area (Å²) >= 11 is 0. The average Bonchev–Trinajstić information content (AvgIpc) is 2.72. The number of hydrogen-bond acceptors (Lipinski definition) is 2. The monoisotopic (exact) mass is 332 g/mol. The Labute approximate surface area is 153 Å². The summed E-state index contributed by atoms with van der Waals surface area (Å²) in [5, 5.41) is 17.6. The first-order valence-electron chi connectivity index (χ1n) is 8.23. The maximum atomic E-state index is 8.82. The molecule has 0 aliphatic carbocycles. The first-order valence-corrected chi connectivity index (χ1v) is 8.23. The van der Waals surface area contributed by atoms with Crippen molar-refractivity contribution in [3.05, 3.63) is 106 Å². The van der Waals surface area contributed by atoms with Crippen LogP contribution in [0, 0.1) is 22.7 Å². The van der Waals surface area contributed by atoms with Crippen molar-refractivity contribution in [1.29, 1.82) is 10.5 Å². The van der Waals surface area contributed by atoms with E-state index in [1.807, 2.05) is 60.7 Å². The van der Waals surface area contributed by atoms with Crippen LogP contribution in [0.3, 0.4) is 0 Å². The maximum Gasteiger partial charge on any atom is 0.0991 e. The van der Waals surface area contributed by atoms with E-state index in [9.17, 15) is 0 Å². The third-order valence-corrected chi connectivity index (χ3v) is 3.95. The van der Waals surface area contributed by atoms with Gasteiger partial charge in [-0.15, -0.1) is 0 Å². The summed E-state index contributed by atoms with van der Waals surface area (Å²) in [6.45, 7) is 0. The standard InChI is InChI=1S/C24H16N2/c25-17-23-13-9-21(10-14-23)7-5-19-1-2-20(4-3-19)6-8-22-11-15-24(18-26)16-12-22/h1-16H/b7-5+,8-6+. The molecule has 0 aliphatic heterocycles. The van der Waals surface area contributed by atoms with Gasteiger partial charge in [-0.3, -0.25) is 0 Å². The van der Waals surface area contributed by atoms with E-state index in [4.69, 9.17) is 10.5 Å². The van der Waals surface area contributed by atoms with Crippen LogP contribution in [0.4, 0.5) is 0 Å². The van der Waals surface area contributed by atoms with Crippen LogP contribution in [0.25, 0.3) is 24.3 Å². The molecule has 0 N–H and O–H groups in total. The van der Waals surface area contributed by atoms with E-state index >= 15 is 0 Å². The highest BCUT2D eigenvalue weighted by molar-refractivity contribution is 5.73. The van der Waals surface area contributed by atoms with Gasteiger partial charge in [-0.2, -0.15) is 10.5 Å². The number of nitrogens with zero attached hydrogens (tertiary/aromatic N) is 2. The van der Waals surface area contributed by atoms with Gasteiger partial charge in [-0.25, -0.2) is 0 Å². The van der Waals surface area contributed by atoms with Crippen molar-refractivity contribution in [2.75, 3.05) is 0 Å². The van der Waals surface area contributed by atoms with Gasteiger partial charge in [0.25, 0.3) is 0 Å². The van der Waals surface area contributed by atoms with Gasteiger partial charge in [0.05, 0.1) is 23.3 Å². The van der Waals surface area contributed by atoms with Gasteiger partial charge in [0.1, 0.15) is 0 Å². The number of hydrogen-bond donors (Lipinski definition) is 0. The largest absolute Gasteiger partial charge is 0.192 e. The molecule has 0 atom stereocenters. The van der Waals surface area contributed by atoms with Crippen molar-refractivity contribution in [2.24, 2.45) is 0 Å². The molecule has 2 heteroatoms. The molecule has 0 amide bonds. The quantitative estimate of drug-likeness (QED) is 0.569. The molecule has 3 aromatic rings. The topological polar surface area (TPSA) is 47.6 Å². The van der Waals surface area contributed by atoms with Crippen LogP contribution in [0.15, 0.2) is 72.8 Å². The van der Waals surface area contributed by atoms with Crippen molar-refractivity contribution in [1.82, 2.24) is 0 Å². The van der Waals surface area contributed by atoms with Crippen molar-refractivity contribution in [3.63, 3.8) is 0 Å². The molecule has 0 spiro atoms. The van der Waals surface area contributed by atoms with Crippen molar-refractivity contribution >= 4 is 24.3 Å². The Morgan fingerprint density at radius 1 is 0.423 bits per heavy atom. The maximum absolute atomic E-state index is 8.82. The van der Waals surface area contributed by atoms with Gasteiger partial charge < -0.3 is 0 Å². The summed E-state index contributed by atoms with van der Waals surface area (Å²) in [7, 11) is 0. The van der Waals surface area contributed by atoms with Crippen LogP contribution in [-0.4, -0.2) is 0 Å². The molecule has 0 radical (unpaired) electrons. The van der Waals surface area contributed by atoms with Crippen LogP contribution < -0.4 is 0 Å². The third kappa shape index (κ3) is 4.57. The average molecular weight is 332 g/mol. The van der Waals surface area contributed by atoms with Gasteiger partial charge in [-0.05, 0) is 46.5 Å². The minimum absolute atomic E-state index is 0.667. The highest BCUT2D eigenvalue weighted by Crippen LogP contribution is 2.13. The molecule has 0 heterocycles. The normalized spacial score (nSPS) is 10.7. The van der Waals surface area contributed by atoms with E-state index in [1.54, 1.807) is 0 Å². The zero-order valence-corrected chi connectivity index (χ0v) is 14.1. The molecule has 2 nitrogen and oxygen atoms in total. The minimum atomic E-state index is 0.667. The third-order valence-electron chi connectivity index (χ3n) is 3.95. The lowest BCUT2D eigenvalue weighted by atomic mass is 10.1. The summed E-state index contributed by atoms with van der Waals surface area (Å²) in [4.78, 5) is 0. The second kappa shape index (κ2) is 8.29. The van der Waals surface area contributed by atoms with Crippen LogP contribution >= 0.6 is 0 Å². The second-order valence-corrected chi connectivity index (χ2v) is 5.80. The number of benzene rings is 3. The molecule has 0 saturated carbocycles. The number of rotatable bonds is 4. The second-order valence-electron chi connectivity index (χ2n) is 5.80. The number of nitriles is 2. The molecule has 0 unspecified atom stereocenters. The SMILES string of the molecule is N#Cc1ccc(/C=C/c2ccc(/C=C/c3ccc(C#N)cc3)cc2)cc1. The smallest absolute Gasteiger partial charge is 0.0991 e. The van der Waals surface area contributed by atoms with E-state index in [1.165, 1.54) is 0 Å². The molecule has 0 fully saturated rings. The van der Waals surface area contributed by atoms with E-state index in [-0.39, 0.29) is 0 Å². The summed E-state index contributed by atoms with van der Waals surface area (Å²) in [6, 6.07) is 27.5. The van der Waals surface area contributed by atoms with Crippen LogP contribution in [0.1, 0.15) is 33.4 Å². The molecule has 26 heavy (non-hydrogen) atoms. The molecule has 0 saturated heterocycles. The predicted octanol–water partition coefficient (Wildman–Crippen LogP) is 5.77.